The van der Waals surface area contributed by atoms with E-state index in [4.69, 9.17) is 0 Å². The lowest BCUT2D eigenvalue weighted by Gasteiger charge is -2.25. The Balaban J connectivity index is 1.94. The Kier molecular flexibility index (Phi) is 3.43. The molecule has 1 aromatic carbocycles. The molecule has 1 heterocycles. The molecule has 3 rings (SSSR count). The first-order valence-electron chi connectivity index (χ1n) is 7.12. The molecule has 1 aliphatic heterocycles. The van der Waals surface area contributed by atoms with Gasteiger partial charge < -0.3 is 4.90 Å². The predicted molar refractivity (Wildman–Crippen MR) is 71.3 cm³/mol. The second-order valence-corrected chi connectivity index (χ2v) is 5.80. The molecule has 1 saturated carbocycles. The van der Waals surface area contributed by atoms with Crippen molar-refractivity contribution in [2.45, 2.75) is 43.6 Å². The molecular weight excluding hydrogens is 281 g/mol. The number of benzene rings is 1. The van der Waals surface area contributed by atoms with Crippen LogP contribution in [0.5, 0.6) is 0 Å². The Labute approximate surface area is 121 Å². The van der Waals surface area contributed by atoms with E-state index in [1.807, 2.05) is 0 Å². The third kappa shape index (κ3) is 2.64. The van der Waals surface area contributed by atoms with E-state index in [2.05, 4.69) is 5.32 Å². The highest BCUT2D eigenvalue weighted by atomic mass is 19.4. The van der Waals surface area contributed by atoms with Gasteiger partial charge in [-0.15, -0.1) is 0 Å². The highest BCUT2D eigenvalue weighted by molar-refractivity contribution is 5.89. The molecule has 1 N–H and O–H groups in total. The van der Waals surface area contributed by atoms with Crippen LogP contribution in [0.2, 0.25) is 0 Å². The minimum atomic E-state index is -4.39. The van der Waals surface area contributed by atoms with Crippen LogP contribution < -0.4 is 5.32 Å². The van der Waals surface area contributed by atoms with Crippen LogP contribution in [0.3, 0.4) is 0 Å². The third-order valence-electron chi connectivity index (χ3n) is 4.32. The van der Waals surface area contributed by atoms with E-state index in [0.717, 1.165) is 17.7 Å². The molecule has 1 aliphatic carbocycles. The minimum absolute atomic E-state index is 0.411. The molecular formula is C15H17F3N2O. The molecule has 1 aromatic rings. The average molecular weight is 298 g/mol. The molecule has 1 atom stereocenters. The van der Waals surface area contributed by atoms with E-state index in [-0.39, 0.29) is 0 Å². The summed E-state index contributed by atoms with van der Waals surface area (Å²) < 4.78 is 38.5. The van der Waals surface area contributed by atoms with Gasteiger partial charge in [0.05, 0.1) is 5.54 Å². The fraction of sp³-hybridized carbons (Fsp3) is 0.533. The number of nitrogens with one attached hydrogen (secondary N) is 1. The van der Waals surface area contributed by atoms with E-state index in [1.165, 1.54) is 0 Å². The van der Waals surface area contributed by atoms with Gasteiger partial charge in [-0.3, -0.25) is 10.1 Å². The maximum absolute atomic E-state index is 12.8. The molecule has 3 nitrogen and oxygen atoms in total. The molecule has 2 fully saturated rings. The summed E-state index contributed by atoms with van der Waals surface area (Å²) in [6, 6.07) is 8.85. The lowest BCUT2D eigenvalue weighted by Crippen LogP contribution is -2.45. The van der Waals surface area contributed by atoms with Gasteiger partial charge in [-0.1, -0.05) is 43.2 Å². The summed E-state index contributed by atoms with van der Waals surface area (Å²) >= 11 is 0. The van der Waals surface area contributed by atoms with E-state index >= 15 is 0 Å². The third-order valence-corrected chi connectivity index (χ3v) is 4.32. The lowest BCUT2D eigenvalue weighted by molar-refractivity contribution is -0.162. The van der Waals surface area contributed by atoms with Gasteiger partial charge in [0.25, 0.3) is 0 Å². The zero-order valence-corrected chi connectivity index (χ0v) is 11.5. The first-order valence-corrected chi connectivity index (χ1v) is 7.12. The molecule has 0 aromatic heterocycles. The van der Waals surface area contributed by atoms with Crippen molar-refractivity contribution in [3.63, 3.8) is 0 Å². The Hall–Kier alpha value is -1.56. The van der Waals surface area contributed by atoms with Crippen molar-refractivity contribution in [3.8, 4) is 0 Å². The van der Waals surface area contributed by atoms with Crippen LogP contribution >= 0.6 is 0 Å². The first kappa shape index (κ1) is 14.4. The SMILES string of the molecule is O=C1N(CC(F)(F)F)C(c2ccccc2)NC12CCCC2. The Morgan fingerprint density at radius 1 is 1.19 bits per heavy atom. The highest BCUT2D eigenvalue weighted by Gasteiger charge is 2.54. The van der Waals surface area contributed by atoms with Crippen molar-refractivity contribution in [1.82, 2.24) is 10.2 Å². The number of nitrogens with zero attached hydrogens (tertiary/aromatic N) is 1. The van der Waals surface area contributed by atoms with E-state index < -0.39 is 30.3 Å². The predicted octanol–water partition coefficient (Wildman–Crippen LogP) is 2.99. The maximum atomic E-state index is 12.8. The number of carbonyl (C=O) groups is 1. The van der Waals surface area contributed by atoms with Crippen molar-refractivity contribution in [1.29, 1.82) is 0 Å². The summed E-state index contributed by atoms with van der Waals surface area (Å²) in [5, 5.41) is 3.18. The minimum Gasteiger partial charge on any atom is -0.312 e. The van der Waals surface area contributed by atoms with Crippen LogP contribution in [0, 0.1) is 0 Å². The number of amides is 1. The molecule has 1 amide bonds. The largest absolute Gasteiger partial charge is 0.406 e. The topological polar surface area (TPSA) is 32.3 Å². The van der Waals surface area contributed by atoms with Crippen molar-refractivity contribution >= 4 is 5.91 Å². The van der Waals surface area contributed by atoms with E-state index in [1.54, 1.807) is 30.3 Å². The Bertz CT molecular complexity index is 523. The van der Waals surface area contributed by atoms with Crippen LogP contribution in [0.4, 0.5) is 13.2 Å². The average Bonchev–Trinajstić information content (AvgIpc) is 3.00. The molecule has 2 aliphatic rings. The van der Waals surface area contributed by atoms with E-state index in [0.29, 0.717) is 18.4 Å². The zero-order valence-electron chi connectivity index (χ0n) is 11.5. The summed E-state index contributed by atoms with van der Waals surface area (Å²) in [7, 11) is 0. The fourth-order valence-electron chi connectivity index (χ4n) is 3.39. The summed E-state index contributed by atoms with van der Waals surface area (Å²) in [6.07, 6.45) is -2.11. The normalized spacial score (nSPS) is 25.0. The number of carbonyl (C=O) groups excluding carboxylic acids is 1. The highest BCUT2D eigenvalue weighted by Crippen LogP contribution is 2.41. The molecule has 1 spiro atoms. The number of halogens is 3. The van der Waals surface area contributed by atoms with Crippen LogP contribution in [-0.2, 0) is 4.79 Å². The standard InChI is InChI=1S/C15H17F3N2O/c16-15(17,18)10-20-12(11-6-2-1-3-7-11)19-14(13(20)21)8-4-5-9-14/h1-3,6-7,12,19H,4-5,8-10H2. The van der Waals surface area contributed by atoms with Gasteiger partial charge in [0.15, 0.2) is 0 Å². The van der Waals surface area contributed by atoms with Crippen molar-refractivity contribution < 1.29 is 18.0 Å². The molecule has 114 valence electrons. The number of alkyl halides is 3. The van der Waals surface area contributed by atoms with Crippen LogP contribution in [0.25, 0.3) is 0 Å². The quantitative estimate of drug-likeness (QED) is 0.910. The Morgan fingerprint density at radius 2 is 1.81 bits per heavy atom. The first-order chi connectivity index (χ1) is 9.91. The van der Waals surface area contributed by atoms with Crippen molar-refractivity contribution in [2.24, 2.45) is 0 Å². The molecule has 0 bridgehead atoms. The number of rotatable bonds is 2. The maximum Gasteiger partial charge on any atom is 0.406 e. The summed E-state index contributed by atoms with van der Waals surface area (Å²) in [5.74, 6) is -0.411. The summed E-state index contributed by atoms with van der Waals surface area (Å²) in [5.41, 5.74) is -0.106. The molecule has 1 saturated heterocycles. The van der Waals surface area contributed by atoms with Gasteiger partial charge in [-0.2, -0.15) is 13.2 Å². The van der Waals surface area contributed by atoms with Crippen LogP contribution in [0.15, 0.2) is 30.3 Å². The van der Waals surface area contributed by atoms with Gasteiger partial charge in [0.2, 0.25) is 5.91 Å². The number of hydrogen-bond acceptors (Lipinski definition) is 2. The van der Waals surface area contributed by atoms with Gasteiger partial charge in [-0.25, -0.2) is 0 Å². The molecule has 1 unspecified atom stereocenters. The Morgan fingerprint density at radius 3 is 2.38 bits per heavy atom. The zero-order chi connectivity index (χ0) is 15.1. The van der Waals surface area contributed by atoms with Gasteiger partial charge >= 0.3 is 6.18 Å². The van der Waals surface area contributed by atoms with Crippen LogP contribution in [-0.4, -0.2) is 29.1 Å². The molecule has 6 heteroatoms. The number of hydrogen-bond donors (Lipinski definition) is 1. The lowest BCUT2D eigenvalue weighted by atomic mass is 9.98. The monoisotopic (exact) mass is 298 g/mol. The van der Waals surface area contributed by atoms with Crippen molar-refractivity contribution in [2.75, 3.05) is 6.54 Å². The van der Waals surface area contributed by atoms with Crippen molar-refractivity contribution in [3.05, 3.63) is 35.9 Å². The second kappa shape index (κ2) is 5.02. The fourth-order valence-corrected chi connectivity index (χ4v) is 3.39. The van der Waals surface area contributed by atoms with Gasteiger partial charge in [0, 0.05) is 0 Å². The molecule has 21 heavy (non-hydrogen) atoms. The summed E-state index contributed by atoms with van der Waals surface area (Å²) in [6.45, 7) is -1.21. The van der Waals surface area contributed by atoms with E-state index in [9.17, 15) is 18.0 Å². The van der Waals surface area contributed by atoms with Crippen LogP contribution in [0.1, 0.15) is 37.4 Å². The van der Waals surface area contributed by atoms with Gasteiger partial charge in [0.1, 0.15) is 12.7 Å². The summed E-state index contributed by atoms with van der Waals surface area (Å²) in [4.78, 5) is 13.5. The molecule has 0 radical (unpaired) electrons. The van der Waals surface area contributed by atoms with Gasteiger partial charge in [-0.05, 0) is 18.4 Å². The second-order valence-electron chi connectivity index (χ2n) is 5.80. The smallest absolute Gasteiger partial charge is 0.312 e.